The first-order valence-corrected chi connectivity index (χ1v) is 7.97. The Bertz CT molecular complexity index is 727. The summed E-state index contributed by atoms with van der Waals surface area (Å²) < 4.78 is 5.03. The van der Waals surface area contributed by atoms with Crippen LogP contribution in [-0.4, -0.2) is 23.9 Å². The van der Waals surface area contributed by atoms with Crippen LogP contribution in [0, 0.1) is 10.1 Å². The molecule has 0 spiro atoms. The third kappa shape index (κ3) is 3.62. The lowest BCUT2D eigenvalue weighted by Gasteiger charge is -2.26. The Balaban J connectivity index is 1.56. The number of hydrogen-bond acceptors (Lipinski definition) is 5. The quantitative estimate of drug-likeness (QED) is 0.482. The number of nitro groups is 1. The maximum atomic E-state index is 11.8. The first-order chi connectivity index (χ1) is 11.6. The summed E-state index contributed by atoms with van der Waals surface area (Å²) in [6.45, 7) is 1.04. The highest BCUT2D eigenvalue weighted by Crippen LogP contribution is 2.32. The van der Waals surface area contributed by atoms with E-state index in [0.717, 1.165) is 30.4 Å². The zero-order valence-electron chi connectivity index (χ0n) is 13.2. The van der Waals surface area contributed by atoms with Crippen molar-refractivity contribution in [2.24, 2.45) is 0 Å². The molecule has 3 rings (SSSR count). The maximum absolute atomic E-state index is 11.8. The summed E-state index contributed by atoms with van der Waals surface area (Å²) in [6.07, 6.45) is 4.38. The van der Waals surface area contributed by atoms with Gasteiger partial charge >= 0.3 is 0 Å². The summed E-state index contributed by atoms with van der Waals surface area (Å²) in [5.74, 6) is 0.0371. The van der Waals surface area contributed by atoms with Gasteiger partial charge in [0.15, 0.2) is 5.76 Å². The number of benzene rings is 1. The monoisotopic (exact) mass is 329 g/mol. The number of non-ortho nitro benzene ring substituents is 1. The van der Waals surface area contributed by atoms with Gasteiger partial charge in [-0.25, -0.2) is 0 Å². The highest BCUT2D eigenvalue weighted by molar-refractivity contribution is 5.91. The highest BCUT2D eigenvalue weighted by atomic mass is 16.6. The Morgan fingerprint density at radius 1 is 1.33 bits per heavy atom. The molecule has 1 aliphatic rings. The van der Waals surface area contributed by atoms with Crippen LogP contribution in [0.2, 0.25) is 0 Å². The second-order valence-corrected chi connectivity index (χ2v) is 5.77. The number of fused-ring (bicyclic) bond motifs is 1. The second kappa shape index (κ2) is 7.27. The summed E-state index contributed by atoms with van der Waals surface area (Å²) in [5.41, 5.74) is 2.27. The Kier molecular flexibility index (Phi) is 4.90. The van der Waals surface area contributed by atoms with Crippen molar-refractivity contribution in [2.45, 2.75) is 25.3 Å². The molecular weight excluding hydrogens is 310 g/mol. The third-order valence-electron chi connectivity index (χ3n) is 4.20. The first-order valence-electron chi connectivity index (χ1n) is 7.97. The predicted octanol–water partition coefficient (Wildman–Crippen LogP) is 2.58. The molecule has 24 heavy (non-hydrogen) atoms. The molecule has 1 heterocycles. The molecular formula is C17H19N3O4. The predicted molar refractivity (Wildman–Crippen MR) is 87.8 cm³/mol. The van der Waals surface area contributed by atoms with Gasteiger partial charge in [0.1, 0.15) is 0 Å². The SMILES string of the molecule is O=C(NCCN[C@@H]1CCCc2ccc([N+](=O)[O-])cc21)c1ccco1. The van der Waals surface area contributed by atoms with Gasteiger partial charge < -0.3 is 15.1 Å². The van der Waals surface area contributed by atoms with Crippen LogP contribution in [0.3, 0.4) is 0 Å². The number of nitro benzene ring substituents is 1. The molecule has 0 radical (unpaired) electrons. The van der Waals surface area contributed by atoms with Crippen molar-refractivity contribution < 1.29 is 14.1 Å². The van der Waals surface area contributed by atoms with Crippen LogP contribution in [0.15, 0.2) is 41.0 Å². The number of rotatable bonds is 6. The van der Waals surface area contributed by atoms with Gasteiger partial charge in [0.25, 0.3) is 11.6 Å². The summed E-state index contributed by atoms with van der Waals surface area (Å²) in [5, 5.41) is 17.1. The van der Waals surface area contributed by atoms with Crippen LogP contribution < -0.4 is 10.6 Å². The number of nitrogens with one attached hydrogen (secondary N) is 2. The molecule has 2 N–H and O–H groups in total. The van der Waals surface area contributed by atoms with Crippen LogP contribution >= 0.6 is 0 Å². The second-order valence-electron chi connectivity index (χ2n) is 5.77. The fourth-order valence-electron chi connectivity index (χ4n) is 3.03. The molecule has 1 aromatic heterocycles. The van der Waals surface area contributed by atoms with Crippen LogP contribution in [0.25, 0.3) is 0 Å². The number of hydrogen-bond donors (Lipinski definition) is 2. The van der Waals surface area contributed by atoms with Gasteiger partial charge in [-0.05, 0) is 42.5 Å². The lowest BCUT2D eigenvalue weighted by atomic mass is 9.87. The Hall–Kier alpha value is -2.67. The van der Waals surface area contributed by atoms with Gasteiger partial charge in [0.05, 0.1) is 11.2 Å². The normalized spacial score (nSPS) is 16.4. The number of carbonyl (C=O) groups excluding carboxylic acids is 1. The number of aryl methyl sites for hydroxylation is 1. The summed E-state index contributed by atoms with van der Waals surface area (Å²) in [7, 11) is 0. The van der Waals surface area contributed by atoms with Gasteiger partial charge in [-0.15, -0.1) is 0 Å². The molecule has 0 saturated heterocycles. The Morgan fingerprint density at radius 3 is 2.96 bits per heavy atom. The zero-order chi connectivity index (χ0) is 16.9. The molecule has 126 valence electrons. The summed E-state index contributed by atoms with van der Waals surface area (Å²) in [4.78, 5) is 22.4. The minimum absolute atomic E-state index is 0.0779. The van der Waals surface area contributed by atoms with Crippen LogP contribution in [-0.2, 0) is 6.42 Å². The lowest BCUT2D eigenvalue weighted by Crippen LogP contribution is -2.34. The minimum atomic E-state index is -0.366. The summed E-state index contributed by atoms with van der Waals surface area (Å²) in [6, 6.07) is 8.42. The van der Waals surface area contributed by atoms with E-state index in [1.54, 1.807) is 24.3 Å². The fourth-order valence-corrected chi connectivity index (χ4v) is 3.03. The number of nitrogens with zero attached hydrogens (tertiary/aromatic N) is 1. The summed E-state index contributed by atoms with van der Waals surface area (Å²) >= 11 is 0. The van der Waals surface area contributed by atoms with E-state index < -0.39 is 0 Å². The molecule has 0 fully saturated rings. The van der Waals surface area contributed by atoms with Crippen LogP contribution in [0.5, 0.6) is 0 Å². The third-order valence-corrected chi connectivity index (χ3v) is 4.20. The van der Waals surface area contributed by atoms with Gasteiger partial charge in [-0.2, -0.15) is 0 Å². The lowest BCUT2D eigenvalue weighted by molar-refractivity contribution is -0.385. The number of furan rings is 1. The number of amides is 1. The van der Waals surface area contributed by atoms with Crippen molar-refractivity contribution in [2.75, 3.05) is 13.1 Å². The van der Waals surface area contributed by atoms with Crippen molar-refractivity contribution in [3.8, 4) is 0 Å². The van der Waals surface area contributed by atoms with E-state index in [1.165, 1.54) is 6.26 Å². The minimum Gasteiger partial charge on any atom is -0.459 e. The van der Waals surface area contributed by atoms with Crippen molar-refractivity contribution in [1.29, 1.82) is 0 Å². The highest BCUT2D eigenvalue weighted by Gasteiger charge is 2.22. The molecule has 0 aliphatic heterocycles. The van der Waals surface area contributed by atoms with Crippen LogP contribution in [0.1, 0.15) is 40.6 Å². The van der Waals surface area contributed by atoms with Gasteiger partial charge in [0.2, 0.25) is 0 Å². The topological polar surface area (TPSA) is 97.4 Å². The van der Waals surface area contributed by atoms with E-state index in [0.29, 0.717) is 13.1 Å². The van der Waals surface area contributed by atoms with E-state index in [-0.39, 0.29) is 28.3 Å². The molecule has 1 aromatic carbocycles. The molecule has 0 bridgehead atoms. The van der Waals surface area contributed by atoms with Crippen molar-refractivity contribution in [3.05, 3.63) is 63.6 Å². The smallest absolute Gasteiger partial charge is 0.287 e. The van der Waals surface area contributed by atoms with Gasteiger partial charge in [-0.3, -0.25) is 14.9 Å². The zero-order valence-corrected chi connectivity index (χ0v) is 13.2. The Morgan fingerprint density at radius 2 is 2.21 bits per heavy atom. The molecule has 1 amide bonds. The van der Waals surface area contributed by atoms with Gasteiger partial charge in [0, 0.05) is 31.3 Å². The molecule has 0 unspecified atom stereocenters. The molecule has 2 aromatic rings. The molecule has 1 atom stereocenters. The van der Waals surface area contributed by atoms with E-state index in [4.69, 9.17) is 4.42 Å². The van der Waals surface area contributed by atoms with Crippen LogP contribution in [0.4, 0.5) is 5.69 Å². The van der Waals surface area contributed by atoms with Crippen molar-refractivity contribution >= 4 is 11.6 Å². The fraction of sp³-hybridized carbons (Fsp3) is 0.353. The van der Waals surface area contributed by atoms with Crippen molar-refractivity contribution in [3.63, 3.8) is 0 Å². The molecule has 7 nitrogen and oxygen atoms in total. The Labute approximate surface area is 139 Å². The first kappa shape index (κ1) is 16.2. The standard InChI is InChI=1S/C17H19N3O4/c21-17(16-5-2-10-24-16)19-9-8-18-15-4-1-3-12-6-7-13(20(22)23)11-14(12)15/h2,5-7,10-11,15,18H,1,3-4,8-9H2,(H,19,21)/t15-/m1/s1. The molecule has 7 heteroatoms. The molecule has 0 saturated carbocycles. The van der Waals surface area contributed by atoms with Gasteiger partial charge in [-0.1, -0.05) is 6.07 Å². The molecule has 1 aliphatic carbocycles. The van der Waals surface area contributed by atoms with Crippen molar-refractivity contribution in [1.82, 2.24) is 10.6 Å². The largest absolute Gasteiger partial charge is 0.459 e. The maximum Gasteiger partial charge on any atom is 0.287 e. The van der Waals surface area contributed by atoms with E-state index in [9.17, 15) is 14.9 Å². The number of carbonyl (C=O) groups is 1. The average Bonchev–Trinajstić information content (AvgIpc) is 3.12. The van der Waals surface area contributed by atoms with E-state index >= 15 is 0 Å². The average molecular weight is 329 g/mol. The van der Waals surface area contributed by atoms with E-state index in [2.05, 4.69) is 10.6 Å². The van der Waals surface area contributed by atoms with E-state index in [1.807, 2.05) is 6.07 Å².